The highest BCUT2D eigenvalue weighted by atomic mass is 35.5. The van der Waals surface area contributed by atoms with Crippen molar-refractivity contribution in [2.24, 2.45) is 0 Å². The van der Waals surface area contributed by atoms with Gasteiger partial charge in [0.1, 0.15) is 11.5 Å². The van der Waals surface area contributed by atoms with E-state index in [9.17, 15) is 4.79 Å². The van der Waals surface area contributed by atoms with Crippen LogP contribution in [0.25, 0.3) is 0 Å². The average Bonchev–Trinajstić information content (AvgIpc) is 2.57. The molecule has 3 rings (SSSR count). The summed E-state index contributed by atoms with van der Waals surface area (Å²) < 4.78 is 11.3. The Hall–Kier alpha value is -1.62. The topological polar surface area (TPSA) is 47.6 Å². The van der Waals surface area contributed by atoms with Gasteiger partial charge in [-0.05, 0) is 43.3 Å². The molecule has 0 spiro atoms. The molecule has 0 fully saturated rings. The van der Waals surface area contributed by atoms with Gasteiger partial charge in [-0.25, -0.2) is 0 Å². The lowest BCUT2D eigenvalue weighted by atomic mass is 10.0. The van der Waals surface area contributed by atoms with Crippen LogP contribution < -0.4 is 14.8 Å². The van der Waals surface area contributed by atoms with Gasteiger partial charge in [-0.3, -0.25) is 4.79 Å². The zero-order valence-electron chi connectivity index (χ0n) is 13.4. The van der Waals surface area contributed by atoms with E-state index in [2.05, 4.69) is 5.32 Å². The van der Waals surface area contributed by atoms with E-state index in [0.717, 1.165) is 11.3 Å². The molecule has 1 amide bonds. The van der Waals surface area contributed by atoms with Gasteiger partial charge in [0.25, 0.3) is 5.91 Å². The number of halogens is 3. The van der Waals surface area contributed by atoms with Crippen molar-refractivity contribution in [1.29, 1.82) is 0 Å². The van der Waals surface area contributed by atoms with Crippen LogP contribution in [0.1, 0.15) is 24.9 Å². The smallest absolute Gasteiger partial charge is 0.261 e. The molecule has 4 nitrogen and oxygen atoms in total. The Morgan fingerprint density at radius 1 is 1.20 bits per heavy atom. The predicted octanol–water partition coefficient (Wildman–Crippen LogP) is 5.05. The first-order valence-electron chi connectivity index (χ1n) is 7.78. The first kappa shape index (κ1) is 18.2. The molecule has 0 bridgehead atoms. The normalized spacial score (nSPS) is 17.2. The van der Waals surface area contributed by atoms with Gasteiger partial charge >= 0.3 is 0 Å². The monoisotopic (exact) mass is 399 g/mol. The quantitative estimate of drug-likeness (QED) is 0.781. The van der Waals surface area contributed by atoms with Gasteiger partial charge in [0.2, 0.25) is 0 Å². The lowest BCUT2D eigenvalue weighted by Crippen LogP contribution is -2.40. The molecule has 2 atom stereocenters. The molecule has 0 aliphatic carbocycles. The minimum absolute atomic E-state index is 0.179. The molecule has 132 valence electrons. The predicted molar refractivity (Wildman–Crippen MR) is 99.0 cm³/mol. The van der Waals surface area contributed by atoms with E-state index >= 15 is 0 Å². The van der Waals surface area contributed by atoms with Gasteiger partial charge < -0.3 is 14.8 Å². The molecule has 0 saturated heterocycles. The molecule has 2 aromatic carbocycles. The maximum absolute atomic E-state index is 12.5. The van der Waals surface area contributed by atoms with Gasteiger partial charge in [-0.15, -0.1) is 0 Å². The summed E-state index contributed by atoms with van der Waals surface area (Å²) in [5.41, 5.74) is 0.865. The molecule has 7 heteroatoms. The van der Waals surface area contributed by atoms with Crippen molar-refractivity contribution >= 4 is 40.7 Å². The lowest BCUT2D eigenvalue weighted by molar-refractivity contribution is -0.128. The number of nitrogens with one attached hydrogen (secondary N) is 1. The van der Waals surface area contributed by atoms with E-state index in [4.69, 9.17) is 44.3 Å². The molecule has 2 aromatic rings. The highest BCUT2D eigenvalue weighted by Gasteiger charge is 2.26. The highest BCUT2D eigenvalue weighted by Crippen LogP contribution is 2.34. The summed E-state index contributed by atoms with van der Waals surface area (Å²) in [6.07, 6.45) is -0.0582. The number of carbonyl (C=O) groups excluding carboxylic acids is 1. The Balaban J connectivity index is 1.69. The van der Waals surface area contributed by atoms with E-state index < -0.39 is 6.10 Å². The fourth-order valence-corrected chi connectivity index (χ4v) is 3.25. The molecular formula is C18H16Cl3NO3. The van der Waals surface area contributed by atoms with Crippen molar-refractivity contribution in [2.45, 2.75) is 25.5 Å². The zero-order chi connectivity index (χ0) is 18.0. The van der Waals surface area contributed by atoms with Crippen molar-refractivity contribution < 1.29 is 14.3 Å². The minimum Gasteiger partial charge on any atom is -0.493 e. The number of benzene rings is 2. The molecule has 0 aromatic heterocycles. The number of hydrogen-bond acceptors (Lipinski definition) is 3. The SMILES string of the molecule is CC(Oc1ccc(Cl)cc1Cl)C(=O)NC1CCOc2ccc(Cl)cc21. The molecule has 1 N–H and O–H groups in total. The van der Waals surface area contributed by atoms with E-state index in [1.165, 1.54) is 0 Å². The maximum Gasteiger partial charge on any atom is 0.261 e. The van der Waals surface area contributed by atoms with Crippen LogP contribution in [0.5, 0.6) is 11.5 Å². The first-order chi connectivity index (χ1) is 11.9. The first-order valence-corrected chi connectivity index (χ1v) is 8.92. The number of fused-ring (bicyclic) bond motifs is 1. The summed E-state index contributed by atoms with van der Waals surface area (Å²) in [4.78, 5) is 12.5. The van der Waals surface area contributed by atoms with Crippen molar-refractivity contribution in [2.75, 3.05) is 6.61 Å². The molecule has 1 aliphatic rings. The number of hydrogen-bond donors (Lipinski definition) is 1. The Kier molecular flexibility index (Phi) is 5.62. The second kappa shape index (κ2) is 7.73. The summed E-state index contributed by atoms with van der Waals surface area (Å²) in [5.74, 6) is 0.892. The van der Waals surface area contributed by atoms with E-state index in [1.54, 1.807) is 31.2 Å². The van der Waals surface area contributed by atoms with Crippen LogP contribution in [0.3, 0.4) is 0 Å². The molecular weight excluding hydrogens is 385 g/mol. The van der Waals surface area contributed by atoms with E-state index in [1.807, 2.05) is 12.1 Å². The number of carbonyl (C=O) groups is 1. The van der Waals surface area contributed by atoms with Crippen LogP contribution in [0, 0.1) is 0 Å². The summed E-state index contributed by atoms with van der Waals surface area (Å²) in [6.45, 7) is 2.19. The molecule has 25 heavy (non-hydrogen) atoms. The largest absolute Gasteiger partial charge is 0.493 e. The second-order valence-corrected chi connectivity index (χ2v) is 7.00. The van der Waals surface area contributed by atoms with Crippen LogP contribution in [0.2, 0.25) is 15.1 Å². The molecule has 0 saturated carbocycles. The van der Waals surface area contributed by atoms with Crippen LogP contribution in [-0.2, 0) is 4.79 Å². The average molecular weight is 401 g/mol. The van der Waals surface area contributed by atoms with Crippen molar-refractivity contribution in [3.05, 3.63) is 57.0 Å². The van der Waals surface area contributed by atoms with Gasteiger partial charge in [0, 0.05) is 22.0 Å². The van der Waals surface area contributed by atoms with Crippen molar-refractivity contribution in [3.8, 4) is 11.5 Å². The van der Waals surface area contributed by atoms with Crippen molar-refractivity contribution in [1.82, 2.24) is 5.32 Å². The van der Waals surface area contributed by atoms with Gasteiger partial charge in [0.15, 0.2) is 6.10 Å². The summed E-state index contributed by atoms with van der Waals surface area (Å²) in [7, 11) is 0. The van der Waals surface area contributed by atoms with E-state index in [-0.39, 0.29) is 11.9 Å². The summed E-state index contributed by atoms with van der Waals surface area (Å²) in [5, 5.41) is 4.44. The number of amides is 1. The zero-order valence-corrected chi connectivity index (χ0v) is 15.7. The molecule has 1 aliphatic heterocycles. The van der Waals surface area contributed by atoms with E-state index in [0.29, 0.717) is 33.8 Å². The van der Waals surface area contributed by atoms with Crippen LogP contribution >= 0.6 is 34.8 Å². The third-order valence-corrected chi connectivity index (χ3v) is 4.66. The van der Waals surface area contributed by atoms with Gasteiger partial charge in [0.05, 0.1) is 17.7 Å². The number of ether oxygens (including phenoxy) is 2. The van der Waals surface area contributed by atoms with Gasteiger partial charge in [-0.2, -0.15) is 0 Å². The fraction of sp³-hybridized carbons (Fsp3) is 0.278. The second-order valence-electron chi connectivity index (χ2n) is 5.72. The van der Waals surface area contributed by atoms with Crippen molar-refractivity contribution in [3.63, 3.8) is 0 Å². The summed E-state index contributed by atoms with van der Waals surface area (Å²) in [6, 6.07) is 10.1. The van der Waals surface area contributed by atoms with Crippen LogP contribution in [-0.4, -0.2) is 18.6 Å². The Bertz CT molecular complexity index is 797. The standard InChI is InChI=1S/C18H16Cl3NO3/c1-10(25-17-5-3-12(20)9-14(17)21)18(23)22-15-6-7-24-16-4-2-11(19)8-13(15)16/h2-5,8-10,15H,6-7H2,1H3,(H,22,23). The van der Waals surface area contributed by atoms with Crippen LogP contribution in [0.4, 0.5) is 0 Å². The lowest BCUT2D eigenvalue weighted by Gasteiger charge is -2.28. The Morgan fingerprint density at radius 3 is 2.68 bits per heavy atom. The third-order valence-electron chi connectivity index (χ3n) is 3.89. The fourth-order valence-electron chi connectivity index (χ4n) is 2.62. The third kappa shape index (κ3) is 4.32. The molecule has 1 heterocycles. The van der Waals surface area contributed by atoms with Crippen LogP contribution in [0.15, 0.2) is 36.4 Å². The minimum atomic E-state index is -0.718. The Labute approximate surface area is 161 Å². The highest BCUT2D eigenvalue weighted by molar-refractivity contribution is 6.35. The molecule has 2 unspecified atom stereocenters. The maximum atomic E-state index is 12.5. The number of rotatable bonds is 4. The Morgan fingerprint density at radius 2 is 1.92 bits per heavy atom. The van der Waals surface area contributed by atoms with Gasteiger partial charge in [-0.1, -0.05) is 34.8 Å². The summed E-state index contributed by atoms with van der Waals surface area (Å²) >= 11 is 18.0. The molecule has 0 radical (unpaired) electrons.